The fourth-order valence-electron chi connectivity index (χ4n) is 6.17. The maximum atomic E-state index is 9.97. The Hall–Kier alpha value is -6.71. The second-order valence-electron chi connectivity index (χ2n) is 13.7. The molecule has 318 valence electrons. The lowest BCUT2D eigenvalue weighted by atomic mass is 9.92. The van der Waals surface area contributed by atoms with E-state index in [0.717, 1.165) is 44.5 Å². The van der Waals surface area contributed by atoms with Crippen molar-refractivity contribution in [2.24, 2.45) is 5.73 Å². The van der Waals surface area contributed by atoms with Gasteiger partial charge < -0.3 is 40.0 Å². The minimum atomic E-state index is -0.961. The van der Waals surface area contributed by atoms with Crippen molar-refractivity contribution in [1.29, 1.82) is 10.5 Å². The predicted octanol–water partition coefficient (Wildman–Crippen LogP) is 8.53. The van der Waals surface area contributed by atoms with Crippen molar-refractivity contribution in [1.82, 2.24) is 9.97 Å². The predicted molar refractivity (Wildman–Crippen MR) is 233 cm³/mol. The molecule has 4 aromatic carbocycles. The Labute approximate surface area is 369 Å². The van der Waals surface area contributed by atoms with E-state index in [2.05, 4.69) is 48.1 Å². The first kappa shape index (κ1) is 46.4. The Morgan fingerprint density at radius 3 is 1.50 bits per heavy atom. The average Bonchev–Trinajstić information content (AvgIpc) is 3.28. The number of nitrogens with two attached hydrogens (primary N) is 1. The maximum absolute atomic E-state index is 9.97. The number of hydrogen-bond donors (Lipinski definition) is 4. The standard InChI is InChI=1S/C44H37Cl2N5O5.C3H6O3/c1-27-33(25-55-43-13-41(35(17-49)11-39(43)45)53-23-31-9-29(15-47)18-50-20-31)5-3-7-37(27)38-8-4-6-34(28(38)2)26-56-44-14-42(36(22-52)12-40(44)46)54-24-32-10-30(16-48)19-51-21-32;4-2-1-3(5)6/h3-14,18-21,52H,17,22-26,49H2,1-2H3;4H,1-2H2,(H,5,6). The van der Waals surface area contributed by atoms with Crippen molar-refractivity contribution in [3.8, 4) is 46.3 Å². The van der Waals surface area contributed by atoms with Gasteiger partial charge in [0.1, 0.15) is 61.6 Å². The molecule has 0 saturated carbocycles. The third-order valence-electron chi connectivity index (χ3n) is 9.53. The third-order valence-corrected chi connectivity index (χ3v) is 10.1. The second-order valence-corrected chi connectivity index (χ2v) is 14.5. The zero-order valence-electron chi connectivity index (χ0n) is 33.9. The van der Waals surface area contributed by atoms with Crippen LogP contribution in [-0.4, -0.2) is 37.9 Å². The van der Waals surface area contributed by atoms with Crippen LogP contribution >= 0.6 is 23.2 Å². The molecule has 2 aromatic heterocycles. The SMILES string of the molecule is Cc1c(COc2cc(OCc3cncc(C#N)c3)c(CN)cc2Cl)cccc1-c1cccc(COc2cc(OCc3cncc(C#N)c3)c(CO)cc2Cl)c1C.O=C(O)CCO. The van der Waals surface area contributed by atoms with E-state index in [4.69, 9.17) is 58.1 Å². The number of carboxylic acids is 1. The quantitative estimate of drug-likeness (QED) is 0.0677. The summed E-state index contributed by atoms with van der Waals surface area (Å²) >= 11 is 13.2. The largest absolute Gasteiger partial charge is 0.488 e. The van der Waals surface area contributed by atoms with E-state index in [9.17, 15) is 20.4 Å². The van der Waals surface area contributed by atoms with Crippen molar-refractivity contribution in [3.63, 3.8) is 0 Å². The molecular formula is C47H43Cl2N5O8. The molecular weight excluding hydrogens is 833 g/mol. The molecule has 62 heavy (non-hydrogen) atoms. The van der Waals surface area contributed by atoms with Crippen molar-refractivity contribution in [3.05, 3.63) is 163 Å². The molecule has 0 aliphatic rings. The van der Waals surface area contributed by atoms with Gasteiger partial charge in [-0.25, -0.2) is 0 Å². The number of ether oxygens (including phenoxy) is 4. The van der Waals surface area contributed by atoms with Crippen LogP contribution in [0.4, 0.5) is 0 Å². The van der Waals surface area contributed by atoms with Gasteiger partial charge in [0.2, 0.25) is 0 Å². The van der Waals surface area contributed by atoms with Crippen molar-refractivity contribution >= 4 is 29.2 Å². The Balaban J connectivity index is 0.00000113. The molecule has 2 heterocycles. The Bertz CT molecular complexity index is 2440. The van der Waals surface area contributed by atoms with Crippen LogP contribution in [0.1, 0.15) is 62.1 Å². The lowest BCUT2D eigenvalue weighted by Gasteiger charge is -2.18. The van der Waals surface area contributed by atoms with Crippen LogP contribution in [-0.2, 0) is 44.4 Å². The van der Waals surface area contributed by atoms with E-state index in [0.29, 0.717) is 55.3 Å². The van der Waals surface area contributed by atoms with Crippen LogP contribution in [0.15, 0.2) is 97.6 Å². The van der Waals surface area contributed by atoms with Gasteiger partial charge in [-0.05, 0) is 71.5 Å². The van der Waals surface area contributed by atoms with E-state index < -0.39 is 5.97 Å². The average molecular weight is 877 g/mol. The van der Waals surface area contributed by atoms with Crippen molar-refractivity contribution < 1.29 is 39.1 Å². The first-order chi connectivity index (χ1) is 30.0. The monoisotopic (exact) mass is 875 g/mol. The van der Waals surface area contributed by atoms with E-state index >= 15 is 0 Å². The Kier molecular flexibility index (Phi) is 17.0. The van der Waals surface area contributed by atoms with Crippen LogP contribution < -0.4 is 24.7 Å². The van der Waals surface area contributed by atoms with Crippen LogP contribution in [0.3, 0.4) is 0 Å². The molecule has 15 heteroatoms. The lowest BCUT2D eigenvalue weighted by Crippen LogP contribution is -2.05. The molecule has 0 atom stereocenters. The summed E-state index contributed by atoms with van der Waals surface area (Å²) in [5.41, 5.74) is 15.7. The second kappa shape index (κ2) is 22.8. The summed E-state index contributed by atoms with van der Waals surface area (Å²) in [4.78, 5) is 17.6. The first-order valence-corrected chi connectivity index (χ1v) is 19.9. The number of halogens is 2. The molecule has 13 nitrogen and oxygen atoms in total. The Morgan fingerprint density at radius 1 is 0.645 bits per heavy atom. The van der Waals surface area contributed by atoms with Crippen LogP contribution in [0.2, 0.25) is 10.0 Å². The van der Waals surface area contributed by atoms with E-state index in [1.165, 1.54) is 12.4 Å². The fraction of sp³-hybridized carbons (Fsp3) is 0.213. The molecule has 0 bridgehead atoms. The van der Waals surface area contributed by atoms with E-state index in [1.807, 2.05) is 24.3 Å². The molecule has 6 rings (SSSR count). The molecule has 0 amide bonds. The maximum Gasteiger partial charge on any atom is 0.305 e. The molecule has 0 aliphatic carbocycles. The lowest BCUT2D eigenvalue weighted by molar-refractivity contribution is -0.137. The highest BCUT2D eigenvalue weighted by Gasteiger charge is 2.16. The van der Waals surface area contributed by atoms with Gasteiger partial charge in [-0.3, -0.25) is 14.8 Å². The number of aliphatic hydroxyl groups is 2. The zero-order chi connectivity index (χ0) is 44.6. The number of carboxylic acid groups (broad SMARTS) is 1. The molecule has 0 fully saturated rings. The van der Waals surface area contributed by atoms with E-state index in [-0.39, 0.29) is 52.6 Å². The van der Waals surface area contributed by atoms with Crippen LogP contribution in [0.25, 0.3) is 11.1 Å². The molecule has 6 aromatic rings. The van der Waals surface area contributed by atoms with Gasteiger partial charge in [0, 0.05) is 65.7 Å². The smallest absolute Gasteiger partial charge is 0.305 e. The highest BCUT2D eigenvalue weighted by molar-refractivity contribution is 6.32. The van der Waals surface area contributed by atoms with Gasteiger partial charge in [0.05, 0.1) is 40.8 Å². The number of nitriles is 2. The minimum absolute atomic E-state index is 0.142. The van der Waals surface area contributed by atoms with Gasteiger partial charge in [-0.1, -0.05) is 59.6 Å². The first-order valence-electron chi connectivity index (χ1n) is 19.1. The fourth-order valence-corrected chi connectivity index (χ4v) is 6.65. The normalized spacial score (nSPS) is 10.5. The van der Waals surface area contributed by atoms with Crippen LogP contribution in [0.5, 0.6) is 23.0 Å². The number of hydrogen-bond acceptors (Lipinski definition) is 12. The molecule has 0 radical (unpaired) electrons. The zero-order valence-corrected chi connectivity index (χ0v) is 35.4. The molecule has 0 spiro atoms. The van der Waals surface area contributed by atoms with E-state index in [1.54, 1.807) is 48.8 Å². The molecule has 5 N–H and O–H groups in total. The van der Waals surface area contributed by atoms with Gasteiger partial charge in [-0.15, -0.1) is 0 Å². The number of carbonyl (C=O) groups is 1. The summed E-state index contributed by atoms with van der Waals surface area (Å²) in [5.74, 6) is 0.836. The van der Waals surface area contributed by atoms with Crippen molar-refractivity contribution in [2.75, 3.05) is 6.61 Å². The van der Waals surface area contributed by atoms with Crippen molar-refractivity contribution in [2.45, 2.75) is 59.8 Å². The number of aromatic nitrogens is 2. The summed E-state index contributed by atoms with van der Waals surface area (Å²) in [6, 6.07) is 26.5. The summed E-state index contributed by atoms with van der Waals surface area (Å²) < 4.78 is 24.6. The summed E-state index contributed by atoms with van der Waals surface area (Å²) in [6.45, 7) is 4.60. The summed E-state index contributed by atoms with van der Waals surface area (Å²) in [7, 11) is 0. The third kappa shape index (κ3) is 12.4. The van der Waals surface area contributed by atoms with Gasteiger partial charge in [-0.2, -0.15) is 10.5 Å². The minimum Gasteiger partial charge on any atom is -0.488 e. The van der Waals surface area contributed by atoms with Gasteiger partial charge in [0.15, 0.2) is 0 Å². The van der Waals surface area contributed by atoms with Gasteiger partial charge >= 0.3 is 5.97 Å². The molecule has 0 saturated heterocycles. The highest BCUT2D eigenvalue weighted by Crippen LogP contribution is 2.37. The number of aliphatic hydroxyl groups excluding tert-OH is 2. The van der Waals surface area contributed by atoms with Gasteiger partial charge in [0.25, 0.3) is 0 Å². The number of benzene rings is 4. The summed E-state index contributed by atoms with van der Waals surface area (Å²) in [6.07, 6.45) is 6.09. The number of rotatable bonds is 17. The summed E-state index contributed by atoms with van der Waals surface area (Å²) in [5, 5.41) is 44.7. The molecule has 0 unspecified atom stereocenters. The topological polar surface area (TPSA) is 214 Å². The molecule has 0 aliphatic heterocycles. The number of pyridine rings is 2. The van der Waals surface area contributed by atoms with Crippen LogP contribution in [0, 0.1) is 36.5 Å². The highest BCUT2D eigenvalue weighted by atomic mass is 35.5. The number of nitrogens with zero attached hydrogens (tertiary/aromatic N) is 4. The number of aliphatic carboxylic acids is 1. The Morgan fingerprint density at radius 2 is 1.10 bits per heavy atom.